The fourth-order valence-corrected chi connectivity index (χ4v) is 3.36. The van der Waals surface area contributed by atoms with Crippen molar-refractivity contribution in [1.82, 2.24) is 9.55 Å². The molecule has 2 heterocycles. The second kappa shape index (κ2) is 7.50. The standard InChI is InChI=1S/C19H18N4O.2ClH/c1-11-13-5-3-4-6-15(13)22-19-18(11)14-9-12(21-17(24)10-20)7-8-16(14)23(19)2;;/h3-9H,10,20H2,1-2H3,(H,21,24);2*1H. The number of para-hydroxylation sites is 1. The summed E-state index contributed by atoms with van der Waals surface area (Å²) in [7, 11) is 2.02. The van der Waals surface area contributed by atoms with E-state index < -0.39 is 0 Å². The van der Waals surface area contributed by atoms with Crippen molar-refractivity contribution >= 4 is 69.2 Å². The van der Waals surface area contributed by atoms with Crippen LogP contribution in [-0.4, -0.2) is 22.0 Å². The molecule has 0 aliphatic rings. The molecule has 136 valence electrons. The van der Waals surface area contributed by atoms with E-state index in [0.29, 0.717) is 0 Å². The highest BCUT2D eigenvalue weighted by Crippen LogP contribution is 2.34. The largest absolute Gasteiger partial charge is 0.328 e. The van der Waals surface area contributed by atoms with Crippen LogP contribution < -0.4 is 11.1 Å². The van der Waals surface area contributed by atoms with Gasteiger partial charge in [0.25, 0.3) is 0 Å². The molecule has 0 radical (unpaired) electrons. The Morgan fingerprint density at radius 2 is 1.88 bits per heavy atom. The average Bonchev–Trinajstić information content (AvgIpc) is 2.87. The molecule has 26 heavy (non-hydrogen) atoms. The van der Waals surface area contributed by atoms with Crippen LogP contribution in [0.3, 0.4) is 0 Å². The summed E-state index contributed by atoms with van der Waals surface area (Å²) in [6.45, 7) is 2.09. The van der Waals surface area contributed by atoms with E-state index in [4.69, 9.17) is 10.7 Å². The van der Waals surface area contributed by atoms with Crippen LogP contribution in [0.1, 0.15) is 5.56 Å². The van der Waals surface area contributed by atoms with Gasteiger partial charge in [0.1, 0.15) is 5.65 Å². The third-order valence-electron chi connectivity index (χ3n) is 4.55. The summed E-state index contributed by atoms with van der Waals surface area (Å²) in [5, 5.41) is 6.17. The molecule has 3 N–H and O–H groups in total. The zero-order valence-corrected chi connectivity index (χ0v) is 16.1. The number of benzene rings is 2. The van der Waals surface area contributed by atoms with Gasteiger partial charge in [0.15, 0.2) is 0 Å². The Morgan fingerprint density at radius 1 is 1.15 bits per heavy atom. The van der Waals surface area contributed by atoms with Crippen LogP contribution >= 0.6 is 24.8 Å². The second-order valence-corrected chi connectivity index (χ2v) is 6.00. The van der Waals surface area contributed by atoms with Gasteiger partial charge in [-0.15, -0.1) is 24.8 Å². The van der Waals surface area contributed by atoms with Crippen molar-refractivity contribution in [3.05, 3.63) is 48.0 Å². The Hall–Kier alpha value is -2.34. The number of amides is 1. The first-order valence-electron chi connectivity index (χ1n) is 7.87. The molecule has 2 aromatic carbocycles. The molecule has 4 aromatic rings. The van der Waals surface area contributed by atoms with Crippen molar-refractivity contribution in [2.75, 3.05) is 11.9 Å². The van der Waals surface area contributed by atoms with Crippen molar-refractivity contribution < 1.29 is 4.79 Å². The molecule has 0 saturated carbocycles. The van der Waals surface area contributed by atoms with Gasteiger partial charge >= 0.3 is 0 Å². The molecular weight excluding hydrogens is 371 g/mol. The minimum Gasteiger partial charge on any atom is -0.328 e. The topological polar surface area (TPSA) is 72.9 Å². The number of halogens is 2. The lowest BCUT2D eigenvalue weighted by atomic mass is 10.0. The van der Waals surface area contributed by atoms with Crippen LogP contribution in [0.4, 0.5) is 5.69 Å². The van der Waals surface area contributed by atoms with Gasteiger partial charge in [-0.2, -0.15) is 0 Å². The highest BCUT2D eigenvalue weighted by atomic mass is 35.5. The SMILES string of the molecule is Cc1c2ccccc2nc2c1c1cc(NC(=O)CN)ccc1n2C.Cl.Cl. The first kappa shape index (κ1) is 20.0. The van der Waals surface area contributed by atoms with Gasteiger partial charge in [-0.25, -0.2) is 4.98 Å². The number of aromatic nitrogens is 2. The maximum atomic E-state index is 11.6. The lowest BCUT2D eigenvalue weighted by Gasteiger charge is -2.05. The Morgan fingerprint density at radius 3 is 2.62 bits per heavy atom. The minimum absolute atomic E-state index is 0. The number of hydrogen-bond donors (Lipinski definition) is 2. The molecule has 7 heteroatoms. The molecule has 0 fully saturated rings. The summed E-state index contributed by atoms with van der Waals surface area (Å²) < 4.78 is 2.10. The number of carbonyl (C=O) groups is 1. The highest BCUT2D eigenvalue weighted by molar-refractivity contribution is 6.13. The smallest absolute Gasteiger partial charge is 0.238 e. The van der Waals surface area contributed by atoms with Crippen molar-refractivity contribution in [1.29, 1.82) is 0 Å². The van der Waals surface area contributed by atoms with Gasteiger partial charge in [-0.3, -0.25) is 4.79 Å². The van der Waals surface area contributed by atoms with E-state index in [-0.39, 0.29) is 37.3 Å². The van der Waals surface area contributed by atoms with E-state index in [1.54, 1.807) is 0 Å². The van der Waals surface area contributed by atoms with Crippen LogP contribution in [0.2, 0.25) is 0 Å². The van der Waals surface area contributed by atoms with Crippen molar-refractivity contribution in [3.63, 3.8) is 0 Å². The molecule has 2 aromatic heterocycles. The van der Waals surface area contributed by atoms with Crippen LogP contribution in [0.25, 0.3) is 32.8 Å². The summed E-state index contributed by atoms with van der Waals surface area (Å²) >= 11 is 0. The quantitative estimate of drug-likeness (QED) is 0.544. The number of nitrogens with zero attached hydrogens (tertiary/aromatic N) is 2. The third-order valence-corrected chi connectivity index (χ3v) is 4.55. The molecule has 0 spiro atoms. The predicted molar refractivity (Wildman–Crippen MR) is 113 cm³/mol. The fourth-order valence-electron chi connectivity index (χ4n) is 3.36. The Bertz CT molecular complexity index is 1120. The maximum absolute atomic E-state index is 11.6. The monoisotopic (exact) mass is 390 g/mol. The van der Waals surface area contributed by atoms with Gasteiger partial charge in [-0.05, 0) is 36.8 Å². The van der Waals surface area contributed by atoms with Crippen molar-refractivity contribution in [2.45, 2.75) is 6.92 Å². The molecule has 0 saturated heterocycles. The molecule has 0 aliphatic heterocycles. The lowest BCUT2D eigenvalue weighted by molar-refractivity contribution is -0.114. The van der Waals surface area contributed by atoms with Crippen molar-refractivity contribution in [3.8, 4) is 0 Å². The van der Waals surface area contributed by atoms with E-state index in [0.717, 1.165) is 38.5 Å². The average molecular weight is 391 g/mol. The Balaban J connectivity index is 0.00000121. The number of nitrogens with one attached hydrogen (secondary N) is 1. The van der Waals surface area contributed by atoms with E-state index >= 15 is 0 Å². The highest BCUT2D eigenvalue weighted by Gasteiger charge is 2.15. The van der Waals surface area contributed by atoms with E-state index in [9.17, 15) is 4.79 Å². The van der Waals surface area contributed by atoms with Gasteiger partial charge < -0.3 is 15.6 Å². The van der Waals surface area contributed by atoms with E-state index in [2.05, 4.69) is 22.9 Å². The van der Waals surface area contributed by atoms with E-state index in [1.807, 2.05) is 43.4 Å². The predicted octanol–water partition coefficient (Wildman–Crippen LogP) is 3.93. The molecular formula is C19H20Cl2N4O. The summed E-state index contributed by atoms with van der Waals surface area (Å²) in [4.78, 5) is 16.4. The van der Waals surface area contributed by atoms with Crippen LogP contribution in [0.15, 0.2) is 42.5 Å². The Labute approximate surface area is 163 Å². The van der Waals surface area contributed by atoms with Crippen LogP contribution in [0.5, 0.6) is 0 Å². The van der Waals surface area contributed by atoms with Crippen molar-refractivity contribution in [2.24, 2.45) is 12.8 Å². The molecule has 0 aliphatic carbocycles. The first-order valence-corrected chi connectivity index (χ1v) is 7.87. The molecule has 5 nitrogen and oxygen atoms in total. The number of rotatable bonds is 2. The summed E-state index contributed by atoms with van der Waals surface area (Å²) in [5.74, 6) is -0.199. The number of nitrogens with two attached hydrogens (primary N) is 1. The summed E-state index contributed by atoms with van der Waals surface area (Å²) in [5.41, 5.74) is 10.4. The zero-order chi connectivity index (χ0) is 16.8. The zero-order valence-electron chi connectivity index (χ0n) is 14.4. The normalized spacial score (nSPS) is 10.6. The number of fused-ring (bicyclic) bond motifs is 4. The number of carbonyl (C=O) groups excluding carboxylic acids is 1. The second-order valence-electron chi connectivity index (χ2n) is 6.00. The number of anilines is 1. The van der Waals surface area contributed by atoms with Gasteiger partial charge in [0.2, 0.25) is 5.91 Å². The number of hydrogen-bond acceptors (Lipinski definition) is 3. The lowest BCUT2D eigenvalue weighted by Crippen LogP contribution is -2.21. The van der Waals surface area contributed by atoms with Gasteiger partial charge in [0, 0.05) is 28.9 Å². The first-order chi connectivity index (χ1) is 11.6. The maximum Gasteiger partial charge on any atom is 0.238 e. The van der Waals surface area contributed by atoms with Crippen LogP contribution in [-0.2, 0) is 11.8 Å². The molecule has 0 unspecified atom stereocenters. The molecule has 0 atom stereocenters. The number of pyridine rings is 1. The minimum atomic E-state index is -0.199. The van der Waals surface area contributed by atoms with Crippen LogP contribution in [0, 0.1) is 6.92 Å². The fraction of sp³-hybridized carbons (Fsp3) is 0.158. The summed E-state index contributed by atoms with van der Waals surface area (Å²) in [6, 6.07) is 14.1. The Kier molecular flexibility index (Phi) is 5.76. The number of aryl methyl sites for hydroxylation is 2. The molecule has 4 rings (SSSR count). The van der Waals surface area contributed by atoms with E-state index in [1.165, 1.54) is 5.56 Å². The molecule has 1 amide bonds. The van der Waals surface area contributed by atoms with Gasteiger partial charge in [0.05, 0.1) is 17.6 Å². The summed E-state index contributed by atoms with van der Waals surface area (Å²) in [6.07, 6.45) is 0. The van der Waals surface area contributed by atoms with Gasteiger partial charge in [-0.1, -0.05) is 18.2 Å². The third kappa shape index (κ3) is 2.98. The molecule has 0 bridgehead atoms.